The number of fused-ring (bicyclic) bond motifs is 1. The minimum absolute atomic E-state index is 0.0453. The average Bonchev–Trinajstić information content (AvgIpc) is 2.55. The van der Waals surface area contributed by atoms with E-state index in [1.807, 2.05) is 18.2 Å². The maximum absolute atomic E-state index is 8.97. The fraction of sp³-hybridized carbons (Fsp3) is 0.455. The summed E-state index contributed by atoms with van der Waals surface area (Å²) in [5.41, 5.74) is 0.865. The van der Waals surface area contributed by atoms with Crippen molar-refractivity contribution in [3.8, 4) is 11.5 Å². The van der Waals surface area contributed by atoms with Crippen LogP contribution in [0.25, 0.3) is 0 Å². The first-order valence-corrected chi connectivity index (χ1v) is 4.93. The molecule has 1 fully saturated rings. The molecule has 0 saturated heterocycles. The van der Waals surface area contributed by atoms with Crippen LogP contribution in [0.5, 0.6) is 11.5 Å². The molecule has 74 valence electrons. The summed E-state index contributed by atoms with van der Waals surface area (Å²) in [5.74, 6) is 1.22. The molecule has 0 amide bonds. The van der Waals surface area contributed by atoms with Gasteiger partial charge < -0.3 is 14.6 Å². The summed E-state index contributed by atoms with van der Waals surface area (Å²) in [6, 6.07) is 5.58. The number of hydrogen-bond donors (Lipinski definition) is 1. The van der Waals surface area contributed by atoms with E-state index < -0.39 is 0 Å². The third-order valence-corrected chi connectivity index (χ3v) is 2.90. The van der Waals surface area contributed by atoms with Crippen molar-refractivity contribution >= 4 is 0 Å². The fourth-order valence-corrected chi connectivity index (χ4v) is 1.91. The normalized spacial score (nSPS) is 20.9. The zero-order valence-electron chi connectivity index (χ0n) is 7.82. The molecule has 0 aromatic heterocycles. The fourth-order valence-electron chi connectivity index (χ4n) is 1.91. The summed E-state index contributed by atoms with van der Waals surface area (Å²) in [4.78, 5) is 0. The number of ether oxygens (including phenoxy) is 2. The number of rotatable bonds is 1. The van der Waals surface area contributed by atoms with Gasteiger partial charge in [-0.15, -0.1) is 0 Å². The molecule has 3 nitrogen and oxygen atoms in total. The second-order valence-corrected chi connectivity index (χ2v) is 3.91. The lowest BCUT2D eigenvalue weighted by atomic mass is 9.91. The van der Waals surface area contributed by atoms with Crippen molar-refractivity contribution in [3.63, 3.8) is 0 Å². The zero-order valence-corrected chi connectivity index (χ0v) is 7.82. The van der Waals surface area contributed by atoms with E-state index in [9.17, 15) is 0 Å². The van der Waals surface area contributed by atoms with Crippen LogP contribution in [-0.4, -0.2) is 10.9 Å². The van der Waals surface area contributed by atoms with Crippen molar-refractivity contribution < 1.29 is 14.6 Å². The maximum atomic E-state index is 8.97. The minimum Gasteiger partial charge on any atom is -0.448 e. The summed E-state index contributed by atoms with van der Waals surface area (Å²) in [5, 5.41) is 8.97. The smallest absolute Gasteiger partial charge is 0.251 e. The van der Waals surface area contributed by atoms with E-state index in [4.69, 9.17) is 14.6 Å². The zero-order chi connectivity index (χ0) is 9.60. The van der Waals surface area contributed by atoms with Crippen LogP contribution in [0.3, 0.4) is 0 Å². The minimum atomic E-state index is -0.365. The van der Waals surface area contributed by atoms with E-state index >= 15 is 0 Å². The number of benzene rings is 1. The Balaban J connectivity index is 1.94. The molecule has 14 heavy (non-hydrogen) atoms. The third kappa shape index (κ3) is 1.02. The predicted octanol–water partition coefficient (Wildman–Crippen LogP) is 1.83. The lowest BCUT2D eigenvalue weighted by molar-refractivity contribution is -0.138. The van der Waals surface area contributed by atoms with Crippen LogP contribution in [0.1, 0.15) is 24.8 Å². The Morgan fingerprint density at radius 3 is 2.64 bits per heavy atom. The molecule has 0 bridgehead atoms. The Labute approximate surface area is 82.3 Å². The van der Waals surface area contributed by atoms with Gasteiger partial charge in [-0.05, 0) is 24.1 Å². The number of aliphatic hydroxyl groups excluding tert-OH is 1. The molecule has 1 spiro atoms. The highest BCUT2D eigenvalue weighted by Crippen LogP contribution is 2.48. The standard InChI is InChI=1S/C11H12O3/c12-7-8-2-3-9-10(6-8)14-11(13-9)4-1-5-11/h2-3,6,12H,1,4-5,7H2. The van der Waals surface area contributed by atoms with Gasteiger partial charge in [-0.3, -0.25) is 0 Å². The first-order valence-electron chi connectivity index (χ1n) is 4.93. The Bertz CT molecular complexity index is 369. The molecule has 1 aliphatic heterocycles. The largest absolute Gasteiger partial charge is 0.448 e. The SMILES string of the molecule is OCc1ccc2c(c1)OC1(CCC1)O2. The Hall–Kier alpha value is -1.22. The monoisotopic (exact) mass is 192 g/mol. The van der Waals surface area contributed by atoms with Gasteiger partial charge in [-0.25, -0.2) is 0 Å². The molecule has 1 saturated carbocycles. The predicted molar refractivity (Wildman–Crippen MR) is 50.2 cm³/mol. The van der Waals surface area contributed by atoms with E-state index in [0.29, 0.717) is 0 Å². The highest BCUT2D eigenvalue weighted by atomic mass is 16.7. The summed E-state index contributed by atoms with van der Waals surface area (Å²) in [6.45, 7) is 0.0453. The van der Waals surface area contributed by atoms with Gasteiger partial charge in [0.1, 0.15) is 0 Å². The van der Waals surface area contributed by atoms with E-state index in [0.717, 1.165) is 29.9 Å². The summed E-state index contributed by atoms with van der Waals surface area (Å²) < 4.78 is 11.5. The quantitative estimate of drug-likeness (QED) is 0.737. The molecule has 1 aliphatic carbocycles. The topological polar surface area (TPSA) is 38.7 Å². The molecule has 3 rings (SSSR count). The van der Waals surface area contributed by atoms with Crippen molar-refractivity contribution in [1.82, 2.24) is 0 Å². The van der Waals surface area contributed by atoms with Crippen molar-refractivity contribution in [1.29, 1.82) is 0 Å². The molecular weight excluding hydrogens is 180 g/mol. The molecule has 2 aliphatic rings. The first-order chi connectivity index (χ1) is 6.81. The maximum Gasteiger partial charge on any atom is 0.251 e. The van der Waals surface area contributed by atoms with Gasteiger partial charge in [-0.2, -0.15) is 0 Å². The van der Waals surface area contributed by atoms with Gasteiger partial charge in [-0.1, -0.05) is 6.07 Å². The van der Waals surface area contributed by atoms with Gasteiger partial charge in [0.05, 0.1) is 6.61 Å². The second-order valence-electron chi connectivity index (χ2n) is 3.91. The highest BCUT2D eigenvalue weighted by Gasteiger charge is 2.47. The molecule has 1 N–H and O–H groups in total. The number of hydrogen-bond acceptors (Lipinski definition) is 3. The summed E-state index contributed by atoms with van der Waals surface area (Å²) >= 11 is 0. The summed E-state index contributed by atoms with van der Waals surface area (Å²) in [7, 11) is 0. The molecule has 0 radical (unpaired) electrons. The molecule has 3 heteroatoms. The number of aliphatic hydroxyl groups is 1. The second kappa shape index (κ2) is 2.64. The van der Waals surface area contributed by atoms with E-state index in [1.165, 1.54) is 6.42 Å². The van der Waals surface area contributed by atoms with Gasteiger partial charge >= 0.3 is 0 Å². The van der Waals surface area contributed by atoms with Crippen LogP contribution in [0.4, 0.5) is 0 Å². The van der Waals surface area contributed by atoms with Crippen LogP contribution in [0, 0.1) is 0 Å². The van der Waals surface area contributed by atoms with Crippen LogP contribution in [0.2, 0.25) is 0 Å². The molecule has 0 unspecified atom stereocenters. The first kappa shape index (κ1) is 8.12. The van der Waals surface area contributed by atoms with Crippen LogP contribution in [-0.2, 0) is 6.61 Å². The van der Waals surface area contributed by atoms with Crippen molar-refractivity contribution in [2.45, 2.75) is 31.7 Å². The Morgan fingerprint density at radius 2 is 2.00 bits per heavy atom. The van der Waals surface area contributed by atoms with Crippen molar-refractivity contribution in [3.05, 3.63) is 23.8 Å². The molecular formula is C11H12O3. The lowest BCUT2D eigenvalue weighted by Gasteiger charge is -2.35. The van der Waals surface area contributed by atoms with E-state index in [-0.39, 0.29) is 12.4 Å². The molecule has 1 aromatic rings. The van der Waals surface area contributed by atoms with Crippen molar-refractivity contribution in [2.24, 2.45) is 0 Å². The Morgan fingerprint density at radius 1 is 1.21 bits per heavy atom. The average molecular weight is 192 g/mol. The Kier molecular flexibility index (Phi) is 1.53. The van der Waals surface area contributed by atoms with Gasteiger partial charge in [0.25, 0.3) is 5.79 Å². The summed E-state index contributed by atoms with van der Waals surface area (Å²) in [6.07, 6.45) is 3.10. The van der Waals surface area contributed by atoms with Crippen molar-refractivity contribution in [2.75, 3.05) is 0 Å². The van der Waals surface area contributed by atoms with Gasteiger partial charge in [0.2, 0.25) is 0 Å². The van der Waals surface area contributed by atoms with Crippen LogP contribution >= 0.6 is 0 Å². The van der Waals surface area contributed by atoms with E-state index in [1.54, 1.807) is 0 Å². The molecule has 0 atom stereocenters. The van der Waals surface area contributed by atoms with Gasteiger partial charge in [0, 0.05) is 12.8 Å². The van der Waals surface area contributed by atoms with Crippen LogP contribution < -0.4 is 9.47 Å². The van der Waals surface area contributed by atoms with Gasteiger partial charge in [0.15, 0.2) is 11.5 Å². The molecule has 1 heterocycles. The highest BCUT2D eigenvalue weighted by molar-refractivity contribution is 5.46. The third-order valence-electron chi connectivity index (χ3n) is 2.90. The van der Waals surface area contributed by atoms with Crippen LogP contribution in [0.15, 0.2) is 18.2 Å². The lowest BCUT2D eigenvalue weighted by Crippen LogP contribution is -2.45. The molecule has 1 aromatic carbocycles. The van der Waals surface area contributed by atoms with E-state index in [2.05, 4.69) is 0 Å².